The van der Waals surface area contributed by atoms with E-state index in [1.165, 1.54) is 6.07 Å². The van der Waals surface area contributed by atoms with E-state index >= 15 is 0 Å². The van der Waals surface area contributed by atoms with Gasteiger partial charge in [0.1, 0.15) is 0 Å². The number of hydrogen-bond acceptors (Lipinski definition) is 4. The predicted molar refractivity (Wildman–Crippen MR) is 77.0 cm³/mol. The highest BCUT2D eigenvalue weighted by Gasteiger charge is 2.16. The first-order valence-corrected chi connectivity index (χ1v) is 6.05. The van der Waals surface area contributed by atoms with Crippen LogP contribution in [0.5, 0.6) is 0 Å². The van der Waals surface area contributed by atoms with Crippen LogP contribution in [-0.2, 0) is 0 Å². The second kappa shape index (κ2) is 6.00. The maximum Gasteiger partial charge on any atom is 0.306 e. The first-order valence-electron chi connectivity index (χ1n) is 6.05. The lowest BCUT2D eigenvalue weighted by Gasteiger charge is -2.09. The number of anilines is 2. The van der Waals surface area contributed by atoms with E-state index in [4.69, 9.17) is 0 Å². The largest absolute Gasteiger partial charge is 0.387 e. The lowest BCUT2D eigenvalue weighted by molar-refractivity contribution is -0.387. The van der Waals surface area contributed by atoms with Crippen LogP contribution < -0.4 is 10.6 Å². The summed E-state index contributed by atoms with van der Waals surface area (Å²) in [6, 6.07) is 9.99. The van der Waals surface area contributed by atoms with Crippen molar-refractivity contribution in [2.75, 3.05) is 17.7 Å². The molecular formula is C14H12FN3O3. The van der Waals surface area contributed by atoms with Crippen molar-refractivity contribution in [1.29, 1.82) is 0 Å². The zero-order chi connectivity index (χ0) is 15.4. The van der Waals surface area contributed by atoms with Crippen molar-refractivity contribution >= 4 is 23.0 Å². The Morgan fingerprint density at radius 1 is 1.24 bits per heavy atom. The molecule has 0 aliphatic rings. The molecule has 0 fully saturated rings. The minimum absolute atomic E-state index is 0.152. The summed E-state index contributed by atoms with van der Waals surface area (Å²) >= 11 is 0. The molecule has 0 saturated carbocycles. The number of nitro benzene ring substituents is 1. The van der Waals surface area contributed by atoms with Gasteiger partial charge in [-0.05, 0) is 24.3 Å². The number of nitrogens with one attached hydrogen (secondary N) is 2. The Morgan fingerprint density at radius 2 is 1.95 bits per heavy atom. The smallest absolute Gasteiger partial charge is 0.306 e. The van der Waals surface area contributed by atoms with E-state index in [0.29, 0.717) is 11.3 Å². The normalized spacial score (nSPS) is 10.0. The van der Waals surface area contributed by atoms with E-state index in [1.807, 2.05) is 0 Å². The minimum atomic E-state index is -0.950. The van der Waals surface area contributed by atoms with Crippen LogP contribution in [0.25, 0.3) is 0 Å². The molecule has 0 saturated heterocycles. The van der Waals surface area contributed by atoms with Crippen molar-refractivity contribution in [1.82, 2.24) is 0 Å². The van der Waals surface area contributed by atoms with E-state index in [1.54, 1.807) is 31.3 Å². The summed E-state index contributed by atoms with van der Waals surface area (Å²) in [6.07, 6.45) is 0. The third-order valence-electron chi connectivity index (χ3n) is 2.84. The lowest BCUT2D eigenvalue weighted by Crippen LogP contribution is -2.14. The van der Waals surface area contributed by atoms with Gasteiger partial charge in [0, 0.05) is 24.5 Å². The van der Waals surface area contributed by atoms with Gasteiger partial charge in [-0.1, -0.05) is 12.1 Å². The van der Waals surface area contributed by atoms with Gasteiger partial charge in [0.05, 0.1) is 10.5 Å². The van der Waals surface area contributed by atoms with Crippen LogP contribution in [0.4, 0.5) is 21.5 Å². The second-order valence-corrected chi connectivity index (χ2v) is 4.17. The second-order valence-electron chi connectivity index (χ2n) is 4.17. The fourth-order valence-electron chi connectivity index (χ4n) is 1.83. The van der Waals surface area contributed by atoms with Crippen LogP contribution in [0.2, 0.25) is 0 Å². The van der Waals surface area contributed by atoms with Gasteiger partial charge >= 0.3 is 5.69 Å². The Hall–Kier alpha value is -2.96. The molecule has 0 aliphatic heterocycles. The SMILES string of the molecule is CNc1ccccc1C(=O)Nc1ccc(F)c([N+](=O)[O-])c1. The summed E-state index contributed by atoms with van der Waals surface area (Å²) in [4.78, 5) is 22.0. The van der Waals surface area contributed by atoms with Crippen molar-refractivity contribution in [3.63, 3.8) is 0 Å². The fourth-order valence-corrected chi connectivity index (χ4v) is 1.83. The average Bonchev–Trinajstić information content (AvgIpc) is 2.48. The molecule has 0 aromatic heterocycles. The highest BCUT2D eigenvalue weighted by Crippen LogP contribution is 2.23. The zero-order valence-corrected chi connectivity index (χ0v) is 11.1. The Morgan fingerprint density at radius 3 is 2.62 bits per heavy atom. The zero-order valence-electron chi connectivity index (χ0n) is 11.1. The molecule has 7 heteroatoms. The first kappa shape index (κ1) is 14.4. The molecule has 0 spiro atoms. The van der Waals surface area contributed by atoms with Crippen molar-refractivity contribution in [3.8, 4) is 0 Å². The molecule has 2 aromatic rings. The summed E-state index contributed by atoms with van der Waals surface area (Å²) < 4.78 is 13.2. The molecule has 0 aliphatic carbocycles. The van der Waals surface area contributed by atoms with Gasteiger partial charge in [0.15, 0.2) is 0 Å². The standard InChI is InChI=1S/C14H12FN3O3/c1-16-12-5-3-2-4-10(12)14(19)17-9-6-7-11(15)13(8-9)18(20)21/h2-8,16H,1H3,(H,17,19). The molecule has 2 N–H and O–H groups in total. The topological polar surface area (TPSA) is 84.3 Å². The summed E-state index contributed by atoms with van der Waals surface area (Å²) in [5, 5.41) is 16.1. The molecule has 1 amide bonds. The van der Waals surface area contributed by atoms with E-state index < -0.39 is 22.3 Å². The monoisotopic (exact) mass is 289 g/mol. The molecule has 0 atom stereocenters. The van der Waals surface area contributed by atoms with Crippen molar-refractivity contribution in [3.05, 3.63) is 64.0 Å². The van der Waals surface area contributed by atoms with Crippen LogP contribution in [-0.4, -0.2) is 17.9 Å². The molecule has 0 radical (unpaired) electrons. The maximum atomic E-state index is 13.2. The molecule has 0 heterocycles. The summed E-state index contributed by atoms with van der Waals surface area (Å²) in [6.45, 7) is 0. The number of hydrogen-bond donors (Lipinski definition) is 2. The third-order valence-corrected chi connectivity index (χ3v) is 2.84. The average molecular weight is 289 g/mol. The quantitative estimate of drug-likeness (QED) is 0.669. The molecule has 108 valence electrons. The van der Waals surface area contributed by atoms with Gasteiger partial charge in [-0.2, -0.15) is 4.39 Å². The van der Waals surface area contributed by atoms with Crippen LogP contribution in [0.3, 0.4) is 0 Å². The number of rotatable bonds is 4. The number of carbonyl (C=O) groups is 1. The fraction of sp³-hybridized carbons (Fsp3) is 0.0714. The first-order chi connectivity index (χ1) is 10.0. The predicted octanol–water partition coefficient (Wildman–Crippen LogP) is 3.03. The summed E-state index contributed by atoms with van der Waals surface area (Å²) in [7, 11) is 1.68. The third kappa shape index (κ3) is 3.14. The van der Waals surface area contributed by atoms with E-state index in [0.717, 1.165) is 12.1 Å². The number of nitro groups is 1. The molecule has 21 heavy (non-hydrogen) atoms. The minimum Gasteiger partial charge on any atom is -0.387 e. The molecule has 2 rings (SSSR count). The van der Waals surface area contributed by atoms with Gasteiger partial charge in [0.2, 0.25) is 5.82 Å². The summed E-state index contributed by atoms with van der Waals surface area (Å²) in [5.41, 5.74) is 0.465. The Bertz CT molecular complexity index is 704. The maximum absolute atomic E-state index is 13.2. The van der Waals surface area contributed by atoms with Crippen LogP contribution in [0, 0.1) is 15.9 Å². The van der Waals surface area contributed by atoms with Crippen LogP contribution in [0.1, 0.15) is 10.4 Å². The van der Waals surface area contributed by atoms with E-state index in [-0.39, 0.29) is 5.69 Å². The lowest BCUT2D eigenvalue weighted by atomic mass is 10.1. The Kier molecular flexibility index (Phi) is 4.13. The van der Waals surface area contributed by atoms with Gasteiger partial charge in [-0.15, -0.1) is 0 Å². The number of halogens is 1. The van der Waals surface area contributed by atoms with Crippen molar-refractivity contribution in [2.45, 2.75) is 0 Å². The van der Waals surface area contributed by atoms with Crippen LogP contribution in [0.15, 0.2) is 42.5 Å². The molecule has 0 unspecified atom stereocenters. The van der Waals surface area contributed by atoms with Gasteiger partial charge in [0.25, 0.3) is 5.91 Å². The van der Waals surface area contributed by atoms with E-state index in [2.05, 4.69) is 10.6 Å². The molecule has 0 bridgehead atoms. The molecule has 2 aromatic carbocycles. The number of amides is 1. The Labute approximate surface area is 119 Å². The number of nitrogens with zero attached hydrogens (tertiary/aromatic N) is 1. The highest BCUT2D eigenvalue weighted by atomic mass is 19.1. The number of carbonyl (C=O) groups excluding carboxylic acids is 1. The highest BCUT2D eigenvalue weighted by molar-refractivity contribution is 6.08. The van der Waals surface area contributed by atoms with E-state index in [9.17, 15) is 19.3 Å². The van der Waals surface area contributed by atoms with Crippen LogP contribution >= 0.6 is 0 Å². The molecular weight excluding hydrogens is 277 g/mol. The van der Waals surface area contributed by atoms with Crippen molar-refractivity contribution in [2.24, 2.45) is 0 Å². The molecule has 6 nitrogen and oxygen atoms in total. The van der Waals surface area contributed by atoms with Gasteiger partial charge < -0.3 is 10.6 Å². The Balaban J connectivity index is 2.28. The number of para-hydroxylation sites is 1. The van der Waals surface area contributed by atoms with Gasteiger partial charge in [-0.3, -0.25) is 14.9 Å². The number of benzene rings is 2. The van der Waals surface area contributed by atoms with Gasteiger partial charge in [-0.25, -0.2) is 0 Å². The van der Waals surface area contributed by atoms with Crippen molar-refractivity contribution < 1.29 is 14.1 Å². The summed E-state index contributed by atoms with van der Waals surface area (Å²) in [5.74, 6) is -1.39.